The molecule has 5 aromatic heterocycles. The van der Waals surface area contributed by atoms with Crippen molar-refractivity contribution in [3.05, 3.63) is 293 Å². The number of hydrogen-bond donors (Lipinski definition) is 0. The molecule has 5 aliphatic heterocycles. The van der Waals surface area contributed by atoms with Crippen molar-refractivity contribution in [3.8, 4) is 58.8 Å². The van der Waals surface area contributed by atoms with E-state index < -0.39 is 0 Å². The molecule has 5 aliphatic rings. The summed E-state index contributed by atoms with van der Waals surface area (Å²) in [7, 11) is 0. The molecule has 10 heterocycles. The van der Waals surface area contributed by atoms with Crippen molar-refractivity contribution in [2.75, 3.05) is 0 Å². The predicted molar refractivity (Wildman–Crippen MR) is 393 cm³/mol. The van der Waals surface area contributed by atoms with Crippen LogP contribution in [0, 0.1) is 140 Å². The van der Waals surface area contributed by atoms with E-state index in [1.165, 1.54) is 123 Å². The van der Waals surface area contributed by atoms with Gasteiger partial charge in [-0.15, -0.1) is 46.8 Å². The first-order chi connectivity index (χ1) is 49.3. The molecule has 15 heteroatoms. The minimum absolute atomic E-state index is 0.739. The summed E-state index contributed by atoms with van der Waals surface area (Å²) in [5.41, 5.74) is 38.3. The summed E-state index contributed by atoms with van der Waals surface area (Å²) in [6.07, 6.45) is 10.4. The molecule has 0 aliphatic carbocycles. The van der Waals surface area contributed by atoms with Crippen molar-refractivity contribution in [1.82, 2.24) is 23.4 Å². The van der Waals surface area contributed by atoms with Crippen molar-refractivity contribution >= 4 is 54.5 Å². The molecule has 0 atom stereocenters. The van der Waals surface area contributed by atoms with Gasteiger partial charge in [0.05, 0.1) is 65.9 Å². The first-order valence-corrected chi connectivity index (χ1v) is 34.5. The Hall–Kier alpha value is -13.0. The molecule has 492 valence electrons. The lowest BCUT2D eigenvalue weighted by atomic mass is 9.97. The van der Waals surface area contributed by atoms with Crippen molar-refractivity contribution < 1.29 is 23.4 Å². The maximum atomic E-state index is 9.29. The van der Waals surface area contributed by atoms with Crippen molar-refractivity contribution in [2.24, 2.45) is 0 Å². The van der Waals surface area contributed by atoms with Gasteiger partial charge in [-0.05, 0) is 235 Å². The van der Waals surface area contributed by atoms with Crippen molar-refractivity contribution in [2.45, 2.75) is 116 Å². The van der Waals surface area contributed by atoms with Crippen LogP contribution in [0.2, 0.25) is 0 Å². The first kappa shape index (κ1) is 63.7. The summed E-state index contributed by atoms with van der Waals surface area (Å²) >= 11 is 0. The van der Waals surface area contributed by atoms with Crippen molar-refractivity contribution in [3.63, 3.8) is 0 Å². The Morgan fingerprint density at radius 2 is 0.627 bits per heavy atom. The van der Waals surface area contributed by atoms with Crippen LogP contribution in [0.1, 0.15) is 122 Å². The number of aryl methyl sites for hydroxylation is 7. The SMILES string of the molecule is Cc1cc(C)c2c(c1)-n1c3cccc(C#N)c3c[n+]1C2.Cc1cc(C)c2c(c1)C[n+]1cc3c(C#N)cccc3n1-2.Cc1cc2c(c(C)c1C)-n1c3cccc(C#N)c3c[n+]1C2.Cc1cc2c(c(C)c1C)C[n+]1cc3c(C#N)cccc3n1-2.Cc1ccc2c(c1C)-n1c3cccc(C#N)c3c[n+]1C2. The van der Waals surface area contributed by atoms with Gasteiger partial charge in [0, 0.05) is 16.7 Å². The third-order valence-electron chi connectivity index (χ3n) is 21.9. The quantitative estimate of drug-likeness (QED) is 0.138. The maximum Gasteiger partial charge on any atom is 0.205 e. The van der Waals surface area contributed by atoms with E-state index >= 15 is 0 Å². The van der Waals surface area contributed by atoms with E-state index in [1.807, 2.05) is 60.7 Å². The highest BCUT2D eigenvalue weighted by Crippen LogP contribution is 2.37. The number of nitrogens with zero attached hydrogens (tertiary/aromatic N) is 15. The Balaban J connectivity index is 0.0000000987. The standard InChI is InChI=1S/2C18H16N3.3C17H14N3/c1-11-7-18-15(13(3)12(11)2)9-20-10-16-14(8-19)5-4-6-17(16)21(18)20;1-11-7-15-9-20-10-16-14(8-19)5-4-6-17(16)21(20)18(15)13(3)12(11)2;1-11-6-12(2)14-9-19-10-15-13(8-18)4-3-5-16(15)20(19)17(14)7-11;1-11-6-12(2)17-14(7-11)9-19-10-15-13(8-18)4-3-5-16(15)20(17)19;1-11-6-7-14-9-19-10-15-13(8-18)4-3-5-16(15)20(19)17(14)12(11)2/h2*4-7,10H,9H2,1-3H3;3*3-7,10H,9H2,1-2H3/q5*+1. The van der Waals surface area contributed by atoms with E-state index in [0.717, 1.165) is 115 Å². The molecular weight excluding hydrogens is 1260 g/mol. The Labute approximate surface area is 591 Å². The average molecular weight is 1330 g/mol. The van der Waals surface area contributed by atoms with Crippen molar-refractivity contribution in [1.29, 1.82) is 26.3 Å². The fraction of sp³-hybridized carbons (Fsp3) is 0.195. The molecule has 0 bridgehead atoms. The zero-order valence-electron chi connectivity index (χ0n) is 59.4. The molecule has 20 rings (SSSR count). The van der Waals surface area contributed by atoms with Gasteiger partial charge in [-0.25, -0.2) is 0 Å². The molecule has 15 nitrogen and oxygen atoms in total. The highest BCUT2D eigenvalue weighted by molar-refractivity contribution is 5.89. The fourth-order valence-corrected chi connectivity index (χ4v) is 16.5. The topological polar surface area (TPSA) is 163 Å². The van der Waals surface area contributed by atoms with Gasteiger partial charge in [-0.2, -0.15) is 26.3 Å². The van der Waals surface area contributed by atoms with Gasteiger partial charge in [-0.1, -0.05) is 54.1 Å². The monoisotopic (exact) mass is 1330 g/mol. The number of benzene rings is 10. The number of fused-ring (bicyclic) bond motifs is 25. The van der Waals surface area contributed by atoms with E-state index in [2.05, 4.69) is 270 Å². The summed E-state index contributed by atoms with van der Waals surface area (Å²) in [4.78, 5) is 0. The number of aromatic nitrogens is 10. The Morgan fingerprint density at radius 1 is 0.275 bits per heavy atom. The van der Waals surface area contributed by atoms with E-state index in [9.17, 15) is 26.3 Å². The third-order valence-corrected chi connectivity index (χ3v) is 21.9. The van der Waals surface area contributed by atoms with Crippen LogP contribution in [0.25, 0.3) is 83.0 Å². The van der Waals surface area contributed by atoms with Crippen LogP contribution < -0.4 is 23.4 Å². The van der Waals surface area contributed by atoms with Crippen LogP contribution in [0.15, 0.2) is 171 Å². The zero-order chi connectivity index (χ0) is 71.0. The molecule has 0 amide bonds. The van der Waals surface area contributed by atoms with Crippen LogP contribution in [0.5, 0.6) is 0 Å². The highest BCUT2D eigenvalue weighted by Gasteiger charge is 2.36. The maximum absolute atomic E-state index is 9.29. The van der Waals surface area contributed by atoms with Gasteiger partial charge >= 0.3 is 0 Å². The number of nitriles is 5. The molecule has 10 aromatic carbocycles. The fourth-order valence-electron chi connectivity index (χ4n) is 16.5. The molecule has 0 saturated heterocycles. The van der Waals surface area contributed by atoms with Gasteiger partial charge in [-0.3, -0.25) is 0 Å². The Bertz CT molecular complexity index is 6450. The van der Waals surface area contributed by atoms with Gasteiger partial charge in [0.25, 0.3) is 0 Å². The second kappa shape index (κ2) is 24.2. The second-order valence-corrected chi connectivity index (χ2v) is 28.0. The minimum atomic E-state index is 0.739. The molecular formula is C87H74N15+5. The minimum Gasteiger partial charge on any atom is -0.192 e. The van der Waals surface area contributed by atoms with Crippen LogP contribution in [0.3, 0.4) is 0 Å². The van der Waals surface area contributed by atoms with Crippen LogP contribution in [0.4, 0.5) is 0 Å². The van der Waals surface area contributed by atoms with Gasteiger partial charge in [0.2, 0.25) is 31.0 Å². The summed E-state index contributed by atoms with van der Waals surface area (Å²) in [5.74, 6) is 0. The molecule has 0 fully saturated rings. The normalized spacial score (nSPS) is 12.3. The highest BCUT2D eigenvalue weighted by atomic mass is 15.4. The smallest absolute Gasteiger partial charge is 0.192 e. The van der Waals surface area contributed by atoms with Crippen LogP contribution in [-0.2, 0) is 32.7 Å². The first-order valence-electron chi connectivity index (χ1n) is 34.5. The summed E-state index contributed by atoms with van der Waals surface area (Å²) in [6, 6.07) is 58.9. The molecule has 0 radical (unpaired) electrons. The van der Waals surface area contributed by atoms with Gasteiger partial charge in [0.15, 0.2) is 32.7 Å². The van der Waals surface area contributed by atoms with E-state index in [-0.39, 0.29) is 0 Å². The molecule has 0 unspecified atom stereocenters. The molecule has 0 N–H and O–H groups in total. The largest absolute Gasteiger partial charge is 0.205 e. The van der Waals surface area contributed by atoms with Crippen LogP contribution >= 0.6 is 0 Å². The van der Waals surface area contributed by atoms with E-state index in [4.69, 9.17) is 0 Å². The molecule has 0 spiro atoms. The lowest BCUT2D eigenvalue weighted by molar-refractivity contribution is -0.749. The van der Waals surface area contributed by atoms with Crippen LogP contribution in [-0.4, -0.2) is 23.4 Å². The summed E-state index contributed by atoms with van der Waals surface area (Å²) in [6.45, 7) is 30.4. The third kappa shape index (κ3) is 9.82. The zero-order valence-corrected chi connectivity index (χ0v) is 59.4. The molecule has 15 aromatic rings. The summed E-state index contributed by atoms with van der Waals surface area (Å²) in [5, 5.41) is 51.4. The second-order valence-electron chi connectivity index (χ2n) is 28.0. The summed E-state index contributed by atoms with van der Waals surface area (Å²) < 4.78 is 22.2. The average Bonchev–Trinajstić information content (AvgIpc) is 1.60. The predicted octanol–water partition coefficient (Wildman–Crippen LogP) is 14.5. The Morgan fingerprint density at radius 3 is 1.09 bits per heavy atom. The molecule has 102 heavy (non-hydrogen) atoms. The Kier molecular flexibility index (Phi) is 15.1. The molecule has 0 saturated carbocycles. The van der Waals surface area contributed by atoms with Gasteiger partial charge in [0.1, 0.15) is 86.4 Å². The number of rotatable bonds is 0. The van der Waals surface area contributed by atoms with E-state index in [0.29, 0.717) is 0 Å². The van der Waals surface area contributed by atoms with Gasteiger partial charge < -0.3 is 0 Å². The van der Waals surface area contributed by atoms with E-state index in [1.54, 1.807) is 0 Å². The number of hydrogen-bond acceptors (Lipinski definition) is 5. The lowest BCUT2D eigenvalue weighted by Crippen LogP contribution is -2.36. The lowest BCUT2D eigenvalue weighted by Gasteiger charge is -2.09.